The number of likely N-dealkylation sites (N-methyl/N-ethyl adjacent to an activating group) is 1. The standard InChI is InChI=1S/C13H19N3O3S/c1-9-3-5-12(11(14)7-9)20(18,19)15-10-4-6-13(17)16(2)8-10/h3,5,7,10,15H,4,6,8,14H2,1-2H3. The quantitative estimate of drug-likeness (QED) is 0.794. The van der Waals surface area contributed by atoms with Crippen LogP contribution in [0.5, 0.6) is 0 Å². The van der Waals surface area contributed by atoms with Crippen LogP contribution in [0.3, 0.4) is 0 Å². The Balaban J connectivity index is 2.17. The van der Waals surface area contributed by atoms with Crippen molar-refractivity contribution >= 4 is 21.6 Å². The summed E-state index contributed by atoms with van der Waals surface area (Å²) in [6.07, 6.45) is 0.862. The number of rotatable bonds is 3. The van der Waals surface area contributed by atoms with E-state index in [1.807, 2.05) is 6.92 Å². The van der Waals surface area contributed by atoms with Crippen molar-refractivity contribution in [1.82, 2.24) is 9.62 Å². The zero-order chi connectivity index (χ0) is 14.9. The number of carbonyl (C=O) groups excluding carboxylic acids is 1. The van der Waals surface area contributed by atoms with Gasteiger partial charge in [0.05, 0.1) is 5.69 Å². The normalized spacial score (nSPS) is 20.2. The Morgan fingerprint density at radius 2 is 2.10 bits per heavy atom. The lowest BCUT2D eigenvalue weighted by atomic mass is 10.1. The molecule has 0 aromatic heterocycles. The van der Waals surface area contributed by atoms with Crippen molar-refractivity contribution in [3.8, 4) is 0 Å². The highest BCUT2D eigenvalue weighted by molar-refractivity contribution is 7.89. The first kappa shape index (κ1) is 14.8. The van der Waals surface area contributed by atoms with Crippen LogP contribution in [-0.2, 0) is 14.8 Å². The van der Waals surface area contributed by atoms with E-state index in [0.717, 1.165) is 5.56 Å². The molecule has 20 heavy (non-hydrogen) atoms. The summed E-state index contributed by atoms with van der Waals surface area (Å²) in [6, 6.07) is 4.57. The van der Waals surface area contributed by atoms with Gasteiger partial charge in [-0.25, -0.2) is 13.1 Å². The summed E-state index contributed by atoms with van der Waals surface area (Å²) in [6.45, 7) is 2.23. The van der Waals surface area contributed by atoms with Crippen LogP contribution >= 0.6 is 0 Å². The summed E-state index contributed by atoms with van der Waals surface area (Å²) in [4.78, 5) is 13.0. The monoisotopic (exact) mass is 297 g/mol. The van der Waals surface area contributed by atoms with Crippen LogP contribution in [0.4, 0.5) is 5.69 Å². The van der Waals surface area contributed by atoms with E-state index < -0.39 is 10.0 Å². The van der Waals surface area contributed by atoms with Crippen LogP contribution in [0, 0.1) is 6.92 Å². The van der Waals surface area contributed by atoms with Gasteiger partial charge in [-0.1, -0.05) is 6.07 Å². The summed E-state index contributed by atoms with van der Waals surface area (Å²) >= 11 is 0. The number of nitrogens with two attached hydrogens (primary N) is 1. The van der Waals surface area contributed by atoms with Gasteiger partial charge in [-0.15, -0.1) is 0 Å². The number of hydrogen-bond donors (Lipinski definition) is 2. The zero-order valence-corrected chi connectivity index (χ0v) is 12.4. The van der Waals surface area contributed by atoms with Crippen molar-refractivity contribution in [2.75, 3.05) is 19.3 Å². The third-order valence-corrected chi connectivity index (χ3v) is 5.00. The molecule has 0 radical (unpaired) electrons. The summed E-state index contributed by atoms with van der Waals surface area (Å²) in [7, 11) is -1.99. The molecule has 1 aromatic rings. The Morgan fingerprint density at radius 3 is 2.70 bits per heavy atom. The lowest BCUT2D eigenvalue weighted by molar-refractivity contribution is -0.132. The van der Waals surface area contributed by atoms with Crippen molar-refractivity contribution in [3.63, 3.8) is 0 Å². The average molecular weight is 297 g/mol. The highest BCUT2D eigenvalue weighted by Gasteiger charge is 2.28. The minimum atomic E-state index is -3.66. The second-order valence-electron chi connectivity index (χ2n) is 5.17. The van der Waals surface area contributed by atoms with Gasteiger partial charge in [0.25, 0.3) is 0 Å². The zero-order valence-electron chi connectivity index (χ0n) is 11.6. The molecule has 1 aromatic carbocycles. The topological polar surface area (TPSA) is 92.5 Å². The van der Waals surface area contributed by atoms with Gasteiger partial charge >= 0.3 is 0 Å². The fourth-order valence-electron chi connectivity index (χ4n) is 2.30. The molecule has 1 fully saturated rings. The van der Waals surface area contributed by atoms with Gasteiger partial charge in [0.1, 0.15) is 4.90 Å². The highest BCUT2D eigenvalue weighted by Crippen LogP contribution is 2.21. The van der Waals surface area contributed by atoms with E-state index in [4.69, 9.17) is 5.73 Å². The number of aryl methyl sites for hydroxylation is 1. The molecule has 0 aliphatic carbocycles. The number of carbonyl (C=O) groups is 1. The maximum absolute atomic E-state index is 12.3. The molecular weight excluding hydrogens is 278 g/mol. The fraction of sp³-hybridized carbons (Fsp3) is 0.462. The van der Waals surface area contributed by atoms with E-state index in [9.17, 15) is 13.2 Å². The smallest absolute Gasteiger partial charge is 0.242 e. The van der Waals surface area contributed by atoms with E-state index in [1.165, 1.54) is 11.0 Å². The van der Waals surface area contributed by atoms with Crippen molar-refractivity contribution in [3.05, 3.63) is 23.8 Å². The van der Waals surface area contributed by atoms with Gasteiger partial charge in [-0.05, 0) is 31.0 Å². The highest BCUT2D eigenvalue weighted by atomic mass is 32.2. The number of amides is 1. The van der Waals surface area contributed by atoms with Gasteiger partial charge in [0.2, 0.25) is 15.9 Å². The molecule has 1 aliphatic heterocycles. The number of nitrogens with one attached hydrogen (secondary N) is 1. The van der Waals surface area contributed by atoms with Crippen molar-refractivity contribution < 1.29 is 13.2 Å². The van der Waals surface area contributed by atoms with Crippen molar-refractivity contribution in [2.24, 2.45) is 0 Å². The van der Waals surface area contributed by atoms with Crippen LogP contribution in [0.25, 0.3) is 0 Å². The maximum atomic E-state index is 12.3. The predicted molar refractivity (Wildman–Crippen MR) is 76.6 cm³/mol. The molecule has 0 spiro atoms. The van der Waals surface area contributed by atoms with E-state index in [1.54, 1.807) is 19.2 Å². The van der Waals surface area contributed by atoms with E-state index in [0.29, 0.717) is 19.4 Å². The average Bonchev–Trinajstić information content (AvgIpc) is 2.33. The van der Waals surface area contributed by atoms with Gasteiger partial charge < -0.3 is 10.6 Å². The van der Waals surface area contributed by atoms with Crippen molar-refractivity contribution in [2.45, 2.75) is 30.7 Å². The van der Waals surface area contributed by atoms with E-state index in [-0.39, 0.29) is 22.5 Å². The second kappa shape index (κ2) is 5.41. The molecule has 1 atom stereocenters. The van der Waals surface area contributed by atoms with Crippen LogP contribution in [-0.4, -0.2) is 38.9 Å². The second-order valence-corrected chi connectivity index (χ2v) is 6.85. The third-order valence-electron chi connectivity index (χ3n) is 3.40. The first-order chi connectivity index (χ1) is 9.29. The Kier molecular flexibility index (Phi) is 4.01. The molecule has 1 amide bonds. The molecule has 0 saturated carbocycles. The Hall–Kier alpha value is -1.60. The molecule has 2 rings (SSSR count). The van der Waals surface area contributed by atoms with E-state index >= 15 is 0 Å². The first-order valence-electron chi connectivity index (χ1n) is 6.42. The maximum Gasteiger partial charge on any atom is 0.242 e. The minimum Gasteiger partial charge on any atom is -0.398 e. The van der Waals surface area contributed by atoms with Crippen LogP contribution in [0.15, 0.2) is 23.1 Å². The number of hydrogen-bond acceptors (Lipinski definition) is 4. The molecule has 1 aliphatic rings. The van der Waals surface area contributed by atoms with Crippen LogP contribution in [0.2, 0.25) is 0 Å². The van der Waals surface area contributed by atoms with E-state index in [2.05, 4.69) is 4.72 Å². The molecule has 7 heteroatoms. The minimum absolute atomic E-state index is 0.0373. The third kappa shape index (κ3) is 3.10. The van der Waals surface area contributed by atoms with Crippen LogP contribution < -0.4 is 10.5 Å². The molecule has 1 heterocycles. The lowest BCUT2D eigenvalue weighted by Crippen LogP contribution is -2.48. The summed E-state index contributed by atoms with van der Waals surface area (Å²) in [5, 5.41) is 0. The number of piperidine rings is 1. The number of likely N-dealkylation sites (tertiary alicyclic amines) is 1. The number of sulfonamides is 1. The summed E-state index contributed by atoms with van der Waals surface area (Å²) < 4.78 is 27.3. The Labute approximate surface area is 119 Å². The van der Waals surface area contributed by atoms with Crippen molar-refractivity contribution in [1.29, 1.82) is 0 Å². The molecule has 1 saturated heterocycles. The lowest BCUT2D eigenvalue weighted by Gasteiger charge is -2.30. The number of anilines is 1. The first-order valence-corrected chi connectivity index (χ1v) is 7.90. The molecule has 0 bridgehead atoms. The molecular formula is C13H19N3O3S. The molecule has 110 valence electrons. The molecule has 6 nitrogen and oxygen atoms in total. The number of nitrogen functional groups attached to an aromatic ring is 1. The predicted octanol–water partition coefficient (Wildman–Crippen LogP) is 0.476. The fourth-order valence-corrected chi connectivity index (χ4v) is 3.68. The van der Waals surface area contributed by atoms with Gasteiger partial charge in [-0.3, -0.25) is 4.79 Å². The molecule has 1 unspecified atom stereocenters. The summed E-state index contributed by atoms with van der Waals surface area (Å²) in [5.41, 5.74) is 6.92. The SMILES string of the molecule is Cc1ccc(S(=O)(=O)NC2CCC(=O)N(C)C2)c(N)c1. The van der Waals surface area contributed by atoms with Gasteiger partial charge in [0.15, 0.2) is 0 Å². The number of benzene rings is 1. The molecule has 3 N–H and O–H groups in total. The Bertz CT molecular complexity index is 628. The largest absolute Gasteiger partial charge is 0.398 e. The number of nitrogens with zero attached hydrogens (tertiary/aromatic N) is 1. The van der Waals surface area contributed by atoms with Gasteiger partial charge in [0, 0.05) is 26.1 Å². The van der Waals surface area contributed by atoms with Gasteiger partial charge in [-0.2, -0.15) is 0 Å². The Morgan fingerprint density at radius 1 is 1.40 bits per heavy atom. The van der Waals surface area contributed by atoms with Crippen LogP contribution in [0.1, 0.15) is 18.4 Å². The summed E-state index contributed by atoms with van der Waals surface area (Å²) in [5.74, 6) is 0.0373.